The predicted molar refractivity (Wildman–Crippen MR) is 48.0 cm³/mol. The Morgan fingerprint density at radius 1 is 1.36 bits per heavy atom. The maximum absolute atomic E-state index is 13.0. The maximum Gasteiger partial charge on any atom is 0.135 e. The highest BCUT2D eigenvalue weighted by atomic mass is 19.1. The average Bonchev–Trinajstić information content (AvgIpc) is 2.14. The minimum absolute atomic E-state index is 0.0806. The van der Waals surface area contributed by atoms with E-state index >= 15 is 0 Å². The Kier molecular flexibility index (Phi) is 3.59. The minimum atomic E-state index is -0.813. The van der Waals surface area contributed by atoms with Crippen molar-refractivity contribution in [3.05, 3.63) is 42.0 Å². The summed E-state index contributed by atoms with van der Waals surface area (Å²) in [6.07, 6.45) is 1.47. The first-order valence-corrected chi connectivity index (χ1v) is 4.01. The summed E-state index contributed by atoms with van der Waals surface area (Å²) in [5, 5.41) is 8.63. The number of halogens is 2. The van der Waals surface area contributed by atoms with Crippen LogP contribution in [0.15, 0.2) is 24.8 Å². The van der Waals surface area contributed by atoms with Crippen molar-refractivity contribution in [2.45, 2.75) is 6.61 Å². The number of ether oxygens (including phenoxy) is 1. The molecule has 0 saturated carbocycles. The van der Waals surface area contributed by atoms with Crippen molar-refractivity contribution in [3.63, 3.8) is 0 Å². The third-order valence-electron chi connectivity index (χ3n) is 1.64. The molecular formula is C10H10F2O2. The van der Waals surface area contributed by atoms with E-state index in [-0.39, 0.29) is 17.9 Å². The Bertz CT molecular complexity index is 314. The van der Waals surface area contributed by atoms with Gasteiger partial charge in [-0.1, -0.05) is 12.7 Å². The second-order valence-corrected chi connectivity index (χ2v) is 2.62. The summed E-state index contributed by atoms with van der Waals surface area (Å²) in [6.45, 7) is 2.91. The van der Waals surface area contributed by atoms with Gasteiger partial charge in [0.05, 0.1) is 6.61 Å². The van der Waals surface area contributed by atoms with Crippen LogP contribution in [0.4, 0.5) is 8.78 Å². The smallest absolute Gasteiger partial charge is 0.135 e. The lowest BCUT2D eigenvalue weighted by molar-refractivity contribution is 0.267. The summed E-state index contributed by atoms with van der Waals surface area (Å²) in [5.41, 5.74) is -0.351. The molecule has 0 unspecified atom stereocenters. The Hall–Kier alpha value is -1.42. The number of aliphatic hydroxyl groups excluding tert-OH is 1. The average molecular weight is 200 g/mol. The van der Waals surface area contributed by atoms with Crippen molar-refractivity contribution in [1.29, 1.82) is 0 Å². The van der Waals surface area contributed by atoms with Gasteiger partial charge in [-0.3, -0.25) is 0 Å². The Morgan fingerprint density at radius 2 is 1.93 bits per heavy atom. The van der Waals surface area contributed by atoms with E-state index in [0.717, 1.165) is 12.1 Å². The molecule has 1 N–H and O–H groups in total. The van der Waals surface area contributed by atoms with Gasteiger partial charge in [-0.2, -0.15) is 0 Å². The molecule has 0 atom stereocenters. The molecular weight excluding hydrogens is 190 g/mol. The molecule has 1 aromatic rings. The maximum atomic E-state index is 13.0. The van der Waals surface area contributed by atoms with Crippen LogP contribution in [-0.2, 0) is 6.61 Å². The highest BCUT2D eigenvalue weighted by Crippen LogP contribution is 2.20. The van der Waals surface area contributed by atoms with E-state index in [1.54, 1.807) is 0 Å². The van der Waals surface area contributed by atoms with Gasteiger partial charge >= 0.3 is 0 Å². The molecule has 0 aliphatic heterocycles. The van der Waals surface area contributed by atoms with Crippen molar-refractivity contribution in [2.75, 3.05) is 6.61 Å². The van der Waals surface area contributed by atoms with Crippen LogP contribution in [-0.4, -0.2) is 11.7 Å². The first-order chi connectivity index (χ1) is 6.69. The zero-order valence-electron chi connectivity index (χ0n) is 7.46. The van der Waals surface area contributed by atoms with Crippen LogP contribution in [0.25, 0.3) is 0 Å². The summed E-state index contributed by atoms with van der Waals surface area (Å²) in [5.74, 6) is -1.55. The normalized spacial score (nSPS) is 9.93. The fourth-order valence-electron chi connectivity index (χ4n) is 0.969. The summed E-state index contributed by atoms with van der Waals surface area (Å²) in [4.78, 5) is 0. The lowest BCUT2D eigenvalue weighted by atomic mass is 10.2. The molecule has 1 aromatic carbocycles. The Labute approximate surface area is 80.4 Å². The summed E-state index contributed by atoms with van der Waals surface area (Å²) < 4.78 is 31.0. The standard InChI is InChI=1S/C10H10F2O2/c1-2-3-14-7-4-9(11)8(6-13)10(12)5-7/h2,4-5,13H,1,3,6H2. The SMILES string of the molecule is C=CCOc1cc(F)c(CO)c(F)c1. The van der Waals surface area contributed by atoms with Crippen LogP contribution < -0.4 is 4.74 Å². The predicted octanol–water partition coefficient (Wildman–Crippen LogP) is 2.02. The number of hydrogen-bond acceptors (Lipinski definition) is 2. The molecule has 1 rings (SSSR count). The van der Waals surface area contributed by atoms with Gasteiger partial charge in [0.2, 0.25) is 0 Å². The molecule has 4 heteroatoms. The highest BCUT2D eigenvalue weighted by Gasteiger charge is 2.10. The summed E-state index contributed by atoms with van der Waals surface area (Å²) >= 11 is 0. The van der Waals surface area contributed by atoms with Gasteiger partial charge in [0.15, 0.2) is 0 Å². The second kappa shape index (κ2) is 4.72. The molecule has 14 heavy (non-hydrogen) atoms. The molecule has 0 saturated heterocycles. The Morgan fingerprint density at radius 3 is 2.36 bits per heavy atom. The molecule has 0 fully saturated rings. The van der Waals surface area contributed by atoms with Gasteiger partial charge in [0.1, 0.15) is 24.0 Å². The van der Waals surface area contributed by atoms with Gasteiger partial charge in [0, 0.05) is 17.7 Å². The van der Waals surface area contributed by atoms with Crippen LogP contribution >= 0.6 is 0 Å². The first-order valence-electron chi connectivity index (χ1n) is 4.01. The van der Waals surface area contributed by atoms with Crippen LogP contribution in [0.5, 0.6) is 5.75 Å². The van der Waals surface area contributed by atoms with Crippen molar-refractivity contribution in [1.82, 2.24) is 0 Å². The van der Waals surface area contributed by atoms with Crippen LogP contribution in [0.1, 0.15) is 5.56 Å². The summed E-state index contributed by atoms with van der Waals surface area (Å²) in [7, 11) is 0. The van der Waals surface area contributed by atoms with Gasteiger partial charge in [-0.25, -0.2) is 8.78 Å². The van der Waals surface area contributed by atoms with E-state index in [1.165, 1.54) is 6.08 Å². The first kappa shape index (κ1) is 10.7. The molecule has 2 nitrogen and oxygen atoms in total. The zero-order valence-corrected chi connectivity index (χ0v) is 7.46. The minimum Gasteiger partial charge on any atom is -0.489 e. The van der Waals surface area contributed by atoms with E-state index in [9.17, 15) is 8.78 Å². The zero-order chi connectivity index (χ0) is 10.6. The van der Waals surface area contributed by atoms with Gasteiger partial charge in [0.25, 0.3) is 0 Å². The van der Waals surface area contributed by atoms with E-state index in [1.807, 2.05) is 0 Å². The largest absolute Gasteiger partial charge is 0.489 e. The molecule has 0 spiro atoms. The number of rotatable bonds is 4. The molecule has 0 aromatic heterocycles. The number of benzene rings is 1. The fourth-order valence-corrected chi connectivity index (χ4v) is 0.969. The van der Waals surface area contributed by atoms with Crippen molar-refractivity contribution in [2.24, 2.45) is 0 Å². The summed E-state index contributed by atoms with van der Waals surface area (Å²) in [6, 6.07) is 2.05. The van der Waals surface area contributed by atoms with Crippen molar-refractivity contribution >= 4 is 0 Å². The van der Waals surface area contributed by atoms with Crippen LogP contribution in [0.2, 0.25) is 0 Å². The number of aliphatic hydroxyl groups is 1. The topological polar surface area (TPSA) is 29.5 Å². The molecule has 0 radical (unpaired) electrons. The van der Waals surface area contributed by atoms with Crippen molar-refractivity contribution in [3.8, 4) is 5.75 Å². The molecule has 0 bridgehead atoms. The third-order valence-corrected chi connectivity index (χ3v) is 1.64. The van der Waals surface area contributed by atoms with Crippen molar-refractivity contribution < 1.29 is 18.6 Å². The van der Waals surface area contributed by atoms with E-state index in [2.05, 4.69) is 6.58 Å². The third kappa shape index (κ3) is 2.29. The van der Waals surface area contributed by atoms with Gasteiger partial charge in [-0.15, -0.1) is 0 Å². The molecule has 0 aliphatic rings. The highest BCUT2D eigenvalue weighted by molar-refractivity contribution is 5.30. The van der Waals surface area contributed by atoms with Gasteiger partial charge in [-0.05, 0) is 0 Å². The second-order valence-electron chi connectivity index (χ2n) is 2.62. The Balaban J connectivity index is 2.95. The number of hydrogen-bond donors (Lipinski definition) is 1. The fraction of sp³-hybridized carbons (Fsp3) is 0.200. The molecule has 76 valence electrons. The van der Waals surface area contributed by atoms with Crippen LogP contribution in [0.3, 0.4) is 0 Å². The van der Waals surface area contributed by atoms with Gasteiger partial charge < -0.3 is 9.84 Å². The monoisotopic (exact) mass is 200 g/mol. The molecule has 0 heterocycles. The van der Waals surface area contributed by atoms with Crippen LogP contribution in [0, 0.1) is 11.6 Å². The lowest BCUT2D eigenvalue weighted by Crippen LogP contribution is -1.99. The lowest BCUT2D eigenvalue weighted by Gasteiger charge is -2.06. The molecule has 0 aliphatic carbocycles. The van der Waals surface area contributed by atoms with E-state index in [0.29, 0.717) is 0 Å². The molecule has 0 amide bonds. The quantitative estimate of drug-likeness (QED) is 0.753. The van der Waals surface area contributed by atoms with E-state index in [4.69, 9.17) is 9.84 Å². The van der Waals surface area contributed by atoms with E-state index < -0.39 is 18.2 Å².